The Morgan fingerprint density at radius 1 is 1.08 bits per heavy atom. The molecule has 0 aromatic rings. The molecule has 0 amide bonds. The van der Waals surface area contributed by atoms with E-state index >= 15 is 0 Å². The van der Waals surface area contributed by atoms with Crippen molar-refractivity contribution in [3.63, 3.8) is 0 Å². The predicted octanol–water partition coefficient (Wildman–Crippen LogP) is 4.20. The van der Waals surface area contributed by atoms with Gasteiger partial charge in [-0.1, -0.05) is 55.9 Å². The Kier molecular flexibility index (Phi) is 118. The summed E-state index contributed by atoms with van der Waals surface area (Å²) in [4.78, 5) is 9.37. The molecule has 0 aromatic heterocycles. The van der Waals surface area contributed by atoms with Crippen molar-refractivity contribution in [2.45, 2.75) is 62.3 Å². The summed E-state index contributed by atoms with van der Waals surface area (Å²) >= 11 is 0. The second-order valence-electron chi connectivity index (χ2n) is 1.45. The summed E-state index contributed by atoms with van der Waals surface area (Å²) < 4.78 is 0. The fourth-order valence-electron chi connectivity index (χ4n) is 0. The highest BCUT2D eigenvalue weighted by Crippen LogP contribution is 1.67. The predicted molar refractivity (Wildman–Crippen MR) is 58.7 cm³/mol. The Labute approximate surface area is 79.0 Å². The molecular formula is C10H28O2. The standard InChI is InChI=1S/C3H6O2.C3H8.C2H6.2CH4/c1-2-3(4)5;1-3-2;1-2;;/h2H2,1H3,(H,4,5);3H2,1-2H3;1-2H3;2*1H4. The molecule has 0 aliphatic heterocycles. The zero-order valence-electron chi connectivity index (χ0n) is 7.77. The van der Waals surface area contributed by atoms with E-state index in [1.54, 1.807) is 6.92 Å². The fourth-order valence-corrected chi connectivity index (χ4v) is 0. The molecule has 0 aliphatic rings. The second kappa shape index (κ2) is 47.0. The van der Waals surface area contributed by atoms with Gasteiger partial charge in [-0.3, -0.25) is 4.79 Å². The van der Waals surface area contributed by atoms with Crippen LogP contribution < -0.4 is 0 Å². The molecule has 0 rings (SSSR count). The lowest BCUT2D eigenvalue weighted by molar-refractivity contribution is -0.136. The number of aliphatic carboxylic acids is 1. The SMILES string of the molecule is C.C.CC.CCC.CCC(=O)O. The second-order valence-corrected chi connectivity index (χ2v) is 1.45. The van der Waals surface area contributed by atoms with Gasteiger partial charge in [0.2, 0.25) is 0 Å². The lowest BCUT2D eigenvalue weighted by atomic mass is 10.5. The monoisotopic (exact) mass is 180 g/mol. The average Bonchev–Trinajstić information content (AvgIpc) is 1.94. The van der Waals surface area contributed by atoms with Crippen LogP contribution in [0.5, 0.6) is 0 Å². The molecule has 0 fully saturated rings. The third-order valence-corrected chi connectivity index (χ3v) is 0.302. The first-order valence-electron chi connectivity index (χ1n) is 3.90. The first-order valence-corrected chi connectivity index (χ1v) is 3.90. The lowest BCUT2D eigenvalue weighted by Gasteiger charge is -1.71. The van der Waals surface area contributed by atoms with E-state index in [1.165, 1.54) is 6.42 Å². The smallest absolute Gasteiger partial charge is 0.303 e. The summed E-state index contributed by atoms with van der Waals surface area (Å²) in [6, 6.07) is 0. The van der Waals surface area contributed by atoms with E-state index in [4.69, 9.17) is 5.11 Å². The molecule has 0 unspecified atom stereocenters. The van der Waals surface area contributed by atoms with Crippen molar-refractivity contribution in [2.75, 3.05) is 0 Å². The number of carboxylic acids is 1. The minimum atomic E-state index is -0.745. The van der Waals surface area contributed by atoms with Crippen LogP contribution >= 0.6 is 0 Å². The fraction of sp³-hybridized carbons (Fsp3) is 0.900. The minimum Gasteiger partial charge on any atom is -0.481 e. The topological polar surface area (TPSA) is 37.3 Å². The molecule has 0 spiro atoms. The van der Waals surface area contributed by atoms with Crippen LogP contribution in [0.3, 0.4) is 0 Å². The molecule has 80 valence electrons. The zero-order chi connectivity index (χ0) is 8.99. The highest BCUT2D eigenvalue weighted by molar-refractivity contribution is 5.66. The molecule has 2 heteroatoms. The minimum absolute atomic E-state index is 0. The average molecular weight is 180 g/mol. The summed E-state index contributed by atoms with van der Waals surface area (Å²) in [6.07, 6.45) is 1.47. The van der Waals surface area contributed by atoms with Crippen molar-refractivity contribution in [3.05, 3.63) is 0 Å². The van der Waals surface area contributed by atoms with Crippen molar-refractivity contribution in [1.29, 1.82) is 0 Å². The molecule has 0 heterocycles. The quantitative estimate of drug-likeness (QED) is 0.656. The van der Waals surface area contributed by atoms with Crippen molar-refractivity contribution in [1.82, 2.24) is 0 Å². The van der Waals surface area contributed by atoms with E-state index in [-0.39, 0.29) is 21.3 Å². The zero-order valence-corrected chi connectivity index (χ0v) is 7.77. The van der Waals surface area contributed by atoms with Crippen LogP contribution in [0.15, 0.2) is 0 Å². The van der Waals surface area contributed by atoms with Gasteiger partial charge in [-0.25, -0.2) is 0 Å². The van der Waals surface area contributed by atoms with Crippen molar-refractivity contribution >= 4 is 5.97 Å². The van der Waals surface area contributed by atoms with Gasteiger partial charge < -0.3 is 5.11 Å². The Morgan fingerprint density at radius 3 is 1.17 bits per heavy atom. The number of hydrogen-bond acceptors (Lipinski definition) is 1. The number of hydrogen-bond donors (Lipinski definition) is 1. The van der Waals surface area contributed by atoms with E-state index < -0.39 is 5.97 Å². The number of rotatable bonds is 1. The summed E-state index contributed by atoms with van der Waals surface area (Å²) in [5.74, 6) is -0.745. The van der Waals surface area contributed by atoms with Gasteiger partial charge in [0.15, 0.2) is 0 Å². The van der Waals surface area contributed by atoms with Crippen LogP contribution in [0, 0.1) is 0 Å². The van der Waals surface area contributed by atoms with E-state index in [0.717, 1.165) is 0 Å². The molecule has 0 bridgehead atoms. The Bertz CT molecular complexity index is 51.8. The van der Waals surface area contributed by atoms with Crippen LogP contribution in [0.4, 0.5) is 0 Å². The van der Waals surface area contributed by atoms with Gasteiger partial charge in [0.1, 0.15) is 0 Å². The van der Waals surface area contributed by atoms with Crippen LogP contribution in [0.2, 0.25) is 0 Å². The molecule has 0 radical (unpaired) electrons. The summed E-state index contributed by atoms with van der Waals surface area (Å²) in [5, 5.41) is 7.72. The van der Waals surface area contributed by atoms with E-state index in [2.05, 4.69) is 13.8 Å². The highest BCUT2D eigenvalue weighted by Gasteiger charge is 1.80. The Hall–Kier alpha value is -0.530. The van der Waals surface area contributed by atoms with Crippen LogP contribution in [0.25, 0.3) is 0 Å². The third-order valence-electron chi connectivity index (χ3n) is 0.302. The van der Waals surface area contributed by atoms with Crippen molar-refractivity contribution in [3.8, 4) is 0 Å². The molecule has 1 N–H and O–H groups in total. The van der Waals surface area contributed by atoms with Crippen LogP contribution in [-0.4, -0.2) is 11.1 Å². The first kappa shape index (κ1) is 30.0. The normalized spacial score (nSPS) is 5.08. The van der Waals surface area contributed by atoms with E-state index in [1.807, 2.05) is 13.8 Å². The Morgan fingerprint density at radius 2 is 1.17 bits per heavy atom. The molecular weight excluding hydrogens is 152 g/mol. The third kappa shape index (κ3) is 314. The highest BCUT2D eigenvalue weighted by atomic mass is 16.4. The summed E-state index contributed by atoms with van der Waals surface area (Å²) in [6.45, 7) is 9.85. The van der Waals surface area contributed by atoms with Gasteiger partial charge in [0, 0.05) is 6.42 Å². The van der Waals surface area contributed by atoms with Gasteiger partial charge in [0.05, 0.1) is 0 Å². The molecule has 0 saturated carbocycles. The molecule has 0 aliphatic carbocycles. The van der Waals surface area contributed by atoms with Gasteiger partial charge in [-0.15, -0.1) is 0 Å². The maximum absolute atomic E-state index is 9.37. The van der Waals surface area contributed by atoms with Crippen LogP contribution in [0.1, 0.15) is 62.3 Å². The Balaban J connectivity index is -0.0000000209. The number of carbonyl (C=O) groups is 1. The van der Waals surface area contributed by atoms with Gasteiger partial charge in [-0.2, -0.15) is 0 Å². The van der Waals surface area contributed by atoms with E-state index in [0.29, 0.717) is 0 Å². The van der Waals surface area contributed by atoms with Gasteiger partial charge in [-0.05, 0) is 0 Å². The summed E-state index contributed by atoms with van der Waals surface area (Å²) in [5.41, 5.74) is 0. The van der Waals surface area contributed by atoms with Crippen molar-refractivity contribution < 1.29 is 9.90 Å². The molecule has 0 aromatic carbocycles. The number of carboxylic acid groups (broad SMARTS) is 1. The molecule has 12 heavy (non-hydrogen) atoms. The van der Waals surface area contributed by atoms with Crippen molar-refractivity contribution in [2.24, 2.45) is 0 Å². The lowest BCUT2D eigenvalue weighted by Crippen LogP contribution is -1.86. The molecule has 2 nitrogen and oxygen atoms in total. The van der Waals surface area contributed by atoms with Gasteiger partial charge in [0.25, 0.3) is 0 Å². The molecule has 0 atom stereocenters. The van der Waals surface area contributed by atoms with Gasteiger partial charge >= 0.3 is 5.97 Å². The molecule has 0 saturated heterocycles. The first-order chi connectivity index (χ1) is 4.68. The largest absolute Gasteiger partial charge is 0.481 e. The van der Waals surface area contributed by atoms with Crippen LogP contribution in [-0.2, 0) is 4.79 Å². The maximum atomic E-state index is 9.37. The summed E-state index contributed by atoms with van der Waals surface area (Å²) in [7, 11) is 0. The van der Waals surface area contributed by atoms with E-state index in [9.17, 15) is 4.79 Å². The maximum Gasteiger partial charge on any atom is 0.303 e.